The highest BCUT2D eigenvalue weighted by molar-refractivity contribution is 5.69. The molecule has 0 amide bonds. The maximum absolute atomic E-state index is 12.0. The molecule has 28 heavy (non-hydrogen) atoms. The quantitative estimate of drug-likeness (QED) is 0.301. The van der Waals surface area contributed by atoms with Gasteiger partial charge < -0.3 is 9.47 Å². The van der Waals surface area contributed by atoms with E-state index < -0.39 is 5.79 Å². The summed E-state index contributed by atoms with van der Waals surface area (Å²) in [7, 11) is 0. The Kier molecular flexibility index (Phi) is 4.84. The molecule has 3 saturated carbocycles. The summed E-state index contributed by atoms with van der Waals surface area (Å²) in [6.07, 6.45) is 16.2. The standard InChI is InChI=1S/C24H32O4/c1-5-18-9-11-21-19-10-8-17-7-6-13-24(27-15(2)25,28-16(3)26)22(17)20(19)12-14-23(18,21)4/h1,7,18-22H,6,8-14H2,2-4H3/t18-,19+,20-,21-,22-,23+/m0/s1. The fourth-order valence-corrected chi connectivity index (χ4v) is 7.37. The Labute approximate surface area is 168 Å². The lowest BCUT2D eigenvalue weighted by Crippen LogP contribution is -2.56. The van der Waals surface area contributed by atoms with E-state index in [4.69, 9.17) is 15.9 Å². The Morgan fingerprint density at radius 3 is 2.43 bits per heavy atom. The number of hydrogen-bond donors (Lipinski definition) is 0. The molecule has 6 atom stereocenters. The number of allylic oxidation sites excluding steroid dienone is 1. The zero-order valence-corrected chi connectivity index (χ0v) is 17.3. The lowest BCUT2D eigenvalue weighted by molar-refractivity contribution is -0.260. The van der Waals surface area contributed by atoms with Crippen LogP contribution >= 0.6 is 0 Å². The molecule has 4 rings (SSSR count). The molecule has 0 heterocycles. The van der Waals surface area contributed by atoms with E-state index in [-0.39, 0.29) is 23.3 Å². The summed E-state index contributed by atoms with van der Waals surface area (Å²) in [6.45, 7) is 5.22. The van der Waals surface area contributed by atoms with Crippen molar-refractivity contribution in [2.24, 2.45) is 35.0 Å². The monoisotopic (exact) mass is 384 g/mol. The molecule has 3 fully saturated rings. The van der Waals surface area contributed by atoms with Crippen LogP contribution < -0.4 is 0 Å². The van der Waals surface area contributed by atoms with Gasteiger partial charge in [-0.3, -0.25) is 9.59 Å². The first-order valence-corrected chi connectivity index (χ1v) is 10.8. The van der Waals surface area contributed by atoms with E-state index in [9.17, 15) is 9.59 Å². The molecular formula is C24H32O4. The van der Waals surface area contributed by atoms with Crippen LogP contribution in [0.3, 0.4) is 0 Å². The highest BCUT2D eigenvalue weighted by Gasteiger charge is 2.61. The van der Waals surface area contributed by atoms with Crippen LogP contribution in [0.4, 0.5) is 0 Å². The van der Waals surface area contributed by atoms with Gasteiger partial charge in [-0.25, -0.2) is 0 Å². The van der Waals surface area contributed by atoms with E-state index >= 15 is 0 Å². The van der Waals surface area contributed by atoms with Gasteiger partial charge in [-0.1, -0.05) is 18.6 Å². The highest BCUT2D eigenvalue weighted by atomic mass is 16.7. The average Bonchev–Trinajstić information content (AvgIpc) is 2.96. The molecule has 4 aliphatic carbocycles. The van der Waals surface area contributed by atoms with Gasteiger partial charge in [0.15, 0.2) is 0 Å². The maximum atomic E-state index is 12.0. The highest BCUT2D eigenvalue weighted by Crippen LogP contribution is 2.65. The fraction of sp³-hybridized carbons (Fsp3) is 0.750. The van der Waals surface area contributed by atoms with E-state index in [0.29, 0.717) is 30.1 Å². The lowest BCUT2D eigenvalue weighted by atomic mass is 9.50. The molecule has 4 aliphatic rings. The van der Waals surface area contributed by atoms with Gasteiger partial charge in [-0.05, 0) is 68.1 Å². The average molecular weight is 385 g/mol. The van der Waals surface area contributed by atoms with Crippen LogP contribution in [-0.2, 0) is 19.1 Å². The summed E-state index contributed by atoms with van der Waals surface area (Å²) in [5, 5.41) is 0. The van der Waals surface area contributed by atoms with Crippen LogP contribution in [0, 0.1) is 47.3 Å². The summed E-state index contributed by atoms with van der Waals surface area (Å²) in [6, 6.07) is 0. The Morgan fingerprint density at radius 2 is 1.79 bits per heavy atom. The molecule has 0 aromatic heterocycles. The predicted octanol–water partition coefficient (Wildman–Crippen LogP) is 4.63. The van der Waals surface area contributed by atoms with E-state index in [1.165, 1.54) is 32.3 Å². The van der Waals surface area contributed by atoms with Crippen LogP contribution in [0.25, 0.3) is 0 Å². The molecule has 152 valence electrons. The van der Waals surface area contributed by atoms with Gasteiger partial charge in [-0.2, -0.15) is 0 Å². The van der Waals surface area contributed by atoms with Crippen molar-refractivity contribution >= 4 is 11.9 Å². The molecule has 4 nitrogen and oxygen atoms in total. The van der Waals surface area contributed by atoms with Crippen LogP contribution in [-0.4, -0.2) is 17.7 Å². The number of terminal acetylenes is 1. The molecule has 4 heteroatoms. The second-order valence-corrected chi connectivity index (χ2v) is 9.61. The van der Waals surface area contributed by atoms with Gasteiger partial charge in [0.25, 0.3) is 5.79 Å². The zero-order valence-electron chi connectivity index (χ0n) is 17.3. The molecule has 0 aromatic rings. The van der Waals surface area contributed by atoms with Crippen LogP contribution in [0.5, 0.6) is 0 Å². The van der Waals surface area contributed by atoms with Crippen molar-refractivity contribution in [1.29, 1.82) is 0 Å². The molecule has 0 bridgehead atoms. The number of carbonyl (C=O) groups excluding carboxylic acids is 2. The zero-order chi connectivity index (χ0) is 20.1. The lowest BCUT2D eigenvalue weighted by Gasteiger charge is -2.56. The van der Waals surface area contributed by atoms with Gasteiger partial charge in [0.05, 0.1) is 5.92 Å². The molecule has 0 saturated heterocycles. The second-order valence-electron chi connectivity index (χ2n) is 9.61. The van der Waals surface area contributed by atoms with E-state index in [1.54, 1.807) is 0 Å². The van der Waals surface area contributed by atoms with Crippen molar-refractivity contribution in [1.82, 2.24) is 0 Å². The van der Waals surface area contributed by atoms with Crippen molar-refractivity contribution in [3.05, 3.63) is 11.6 Å². The van der Waals surface area contributed by atoms with Gasteiger partial charge >= 0.3 is 11.9 Å². The Hall–Kier alpha value is -1.76. The van der Waals surface area contributed by atoms with Gasteiger partial charge in [0, 0.05) is 26.2 Å². The molecule has 0 radical (unpaired) electrons. The number of carbonyl (C=O) groups is 2. The van der Waals surface area contributed by atoms with Gasteiger partial charge in [0.1, 0.15) is 0 Å². The number of ether oxygens (including phenoxy) is 2. The Balaban J connectivity index is 1.71. The smallest absolute Gasteiger partial charge is 0.305 e. The van der Waals surface area contributed by atoms with Crippen LogP contribution in [0.2, 0.25) is 0 Å². The summed E-state index contributed by atoms with van der Waals surface area (Å²) in [5.74, 6) is 3.10. The summed E-state index contributed by atoms with van der Waals surface area (Å²) in [4.78, 5) is 24.0. The third-order valence-electron chi connectivity index (χ3n) is 8.29. The van der Waals surface area contributed by atoms with Gasteiger partial charge in [-0.15, -0.1) is 12.3 Å². The molecule has 0 N–H and O–H groups in total. The van der Waals surface area contributed by atoms with E-state index in [0.717, 1.165) is 32.1 Å². The SMILES string of the molecule is C#C[C@H]1CC[C@H]2[C@@H]3CCC4=CCCC(OC(C)=O)(OC(C)=O)[C@@H]4[C@H]3CC[C@]12C. The molecule has 0 aromatic carbocycles. The first-order chi connectivity index (χ1) is 13.3. The van der Waals surface area contributed by atoms with Gasteiger partial charge in [0.2, 0.25) is 0 Å². The summed E-state index contributed by atoms with van der Waals surface area (Å²) in [5.41, 5.74) is 1.54. The van der Waals surface area contributed by atoms with E-state index in [1.807, 2.05) is 0 Å². The Bertz CT molecular complexity index is 728. The summed E-state index contributed by atoms with van der Waals surface area (Å²) < 4.78 is 11.7. The van der Waals surface area contributed by atoms with Crippen LogP contribution in [0.15, 0.2) is 11.6 Å². The van der Waals surface area contributed by atoms with E-state index in [2.05, 4.69) is 18.9 Å². The molecule has 0 spiro atoms. The first kappa shape index (κ1) is 19.6. The van der Waals surface area contributed by atoms with Crippen molar-refractivity contribution in [2.75, 3.05) is 0 Å². The second kappa shape index (κ2) is 6.94. The molecular weight excluding hydrogens is 352 g/mol. The minimum atomic E-state index is -1.14. The minimum absolute atomic E-state index is 0.0118. The Morgan fingerprint density at radius 1 is 1.07 bits per heavy atom. The van der Waals surface area contributed by atoms with Crippen LogP contribution in [0.1, 0.15) is 72.1 Å². The molecule has 0 aliphatic heterocycles. The maximum Gasteiger partial charge on any atom is 0.305 e. The topological polar surface area (TPSA) is 52.6 Å². The summed E-state index contributed by atoms with van der Waals surface area (Å²) >= 11 is 0. The minimum Gasteiger partial charge on any atom is -0.422 e. The van der Waals surface area contributed by atoms with Crippen molar-refractivity contribution in [3.8, 4) is 12.3 Å². The van der Waals surface area contributed by atoms with Crippen molar-refractivity contribution < 1.29 is 19.1 Å². The largest absolute Gasteiger partial charge is 0.422 e. The normalized spacial score (nSPS) is 40.8. The van der Waals surface area contributed by atoms with Crippen molar-refractivity contribution in [3.63, 3.8) is 0 Å². The predicted molar refractivity (Wildman–Crippen MR) is 106 cm³/mol. The molecule has 0 unspecified atom stereocenters. The number of rotatable bonds is 2. The fourth-order valence-electron chi connectivity index (χ4n) is 7.37. The number of fused-ring (bicyclic) bond motifs is 5. The van der Waals surface area contributed by atoms with Crippen molar-refractivity contribution in [2.45, 2.75) is 77.9 Å². The number of hydrogen-bond acceptors (Lipinski definition) is 4. The third kappa shape index (κ3) is 2.90. The number of esters is 2. The first-order valence-electron chi connectivity index (χ1n) is 10.8. The third-order valence-corrected chi connectivity index (χ3v) is 8.29.